The normalized spacial score (nSPS) is 9.50. The minimum atomic E-state index is -0.616. The van der Waals surface area contributed by atoms with E-state index in [-0.39, 0.29) is 11.5 Å². The fourth-order valence-electron chi connectivity index (χ4n) is 0.676. The van der Waals surface area contributed by atoms with E-state index in [1.165, 1.54) is 13.2 Å². The van der Waals surface area contributed by atoms with Gasteiger partial charge in [0.1, 0.15) is 0 Å². The molecule has 5 heteroatoms. The smallest absolute Gasteiger partial charge is 0.375 e. The molecular weight excluding hydrogens is 228 g/mol. The molecule has 0 aliphatic rings. The Morgan fingerprint density at radius 3 is 2.83 bits per heavy atom. The lowest BCUT2D eigenvalue weighted by molar-refractivity contribution is 0.0562. The summed E-state index contributed by atoms with van der Waals surface area (Å²) in [7, 11) is 1.23. The molecule has 12 heavy (non-hydrogen) atoms. The molecule has 1 aromatic heterocycles. The van der Waals surface area contributed by atoms with Crippen LogP contribution in [0.5, 0.6) is 0 Å². The van der Waals surface area contributed by atoms with Gasteiger partial charge in [-0.15, -0.1) is 0 Å². The van der Waals surface area contributed by atoms with Crippen LogP contribution in [0.25, 0.3) is 0 Å². The summed E-state index contributed by atoms with van der Waals surface area (Å²) >= 11 is 3.05. The molecule has 0 aromatic carbocycles. The number of esters is 1. The van der Waals surface area contributed by atoms with E-state index in [0.29, 0.717) is 10.8 Å². The Labute approximate surface area is 76.6 Å². The van der Waals surface area contributed by atoms with Crippen molar-refractivity contribution in [2.75, 3.05) is 7.11 Å². The van der Waals surface area contributed by atoms with Crippen molar-refractivity contribution >= 4 is 28.2 Å². The van der Waals surface area contributed by atoms with Crippen molar-refractivity contribution in [1.29, 1.82) is 0 Å². The highest BCUT2D eigenvalue weighted by atomic mass is 79.9. The molecule has 1 aromatic rings. The van der Waals surface area contributed by atoms with Gasteiger partial charge in [-0.1, -0.05) is 0 Å². The largest absolute Gasteiger partial charge is 0.463 e. The Kier molecular flexibility index (Phi) is 2.65. The van der Waals surface area contributed by atoms with Crippen LogP contribution in [0.15, 0.2) is 15.0 Å². The van der Waals surface area contributed by atoms with Crippen molar-refractivity contribution in [3.8, 4) is 0 Å². The van der Waals surface area contributed by atoms with Crippen molar-refractivity contribution < 1.29 is 18.7 Å². The Morgan fingerprint density at radius 2 is 2.42 bits per heavy atom. The van der Waals surface area contributed by atoms with E-state index < -0.39 is 5.97 Å². The summed E-state index contributed by atoms with van der Waals surface area (Å²) in [6, 6.07) is 1.40. The van der Waals surface area contributed by atoms with Gasteiger partial charge >= 0.3 is 5.97 Å². The van der Waals surface area contributed by atoms with E-state index in [4.69, 9.17) is 4.42 Å². The molecule has 0 atom stereocenters. The maximum atomic E-state index is 10.9. The number of hydrogen-bond acceptors (Lipinski definition) is 4. The Hall–Kier alpha value is -1.10. The maximum absolute atomic E-state index is 10.9. The van der Waals surface area contributed by atoms with Crippen LogP contribution in [-0.4, -0.2) is 19.4 Å². The molecule has 0 amide bonds. The van der Waals surface area contributed by atoms with Crippen LogP contribution < -0.4 is 0 Å². The Bertz CT molecular complexity index is 315. The molecule has 0 aliphatic carbocycles. The zero-order valence-corrected chi connectivity index (χ0v) is 7.75. The highest BCUT2D eigenvalue weighted by molar-refractivity contribution is 9.10. The molecule has 0 fully saturated rings. The average Bonchev–Trinajstić information content (AvgIpc) is 2.45. The van der Waals surface area contributed by atoms with Crippen LogP contribution in [-0.2, 0) is 4.74 Å². The van der Waals surface area contributed by atoms with E-state index in [9.17, 15) is 9.59 Å². The first-order chi connectivity index (χ1) is 5.69. The quantitative estimate of drug-likeness (QED) is 0.575. The van der Waals surface area contributed by atoms with E-state index in [1.54, 1.807) is 0 Å². The number of ether oxygens (including phenoxy) is 1. The second-order valence-electron chi connectivity index (χ2n) is 1.94. The van der Waals surface area contributed by atoms with Crippen LogP contribution in [0.3, 0.4) is 0 Å². The minimum absolute atomic E-state index is 0.000370. The molecule has 1 heterocycles. The number of furan rings is 1. The molecule has 64 valence electrons. The summed E-state index contributed by atoms with van der Waals surface area (Å²) in [5, 5.41) is 0. The van der Waals surface area contributed by atoms with Gasteiger partial charge in [-0.05, 0) is 15.9 Å². The van der Waals surface area contributed by atoms with Crippen molar-refractivity contribution in [2.24, 2.45) is 0 Å². The first-order valence-corrected chi connectivity index (χ1v) is 3.81. The molecule has 0 N–H and O–H groups in total. The molecule has 0 unspecified atom stereocenters. The zero-order valence-electron chi connectivity index (χ0n) is 6.17. The summed E-state index contributed by atoms with van der Waals surface area (Å²) in [6.45, 7) is 0. The van der Waals surface area contributed by atoms with Crippen molar-refractivity contribution in [1.82, 2.24) is 0 Å². The predicted molar refractivity (Wildman–Crippen MR) is 43.1 cm³/mol. The van der Waals surface area contributed by atoms with Gasteiger partial charge in [0, 0.05) is 6.07 Å². The van der Waals surface area contributed by atoms with E-state index in [0.717, 1.165) is 0 Å². The summed E-state index contributed by atoms with van der Waals surface area (Å²) in [5.41, 5.74) is 0. The van der Waals surface area contributed by atoms with Gasteiger partial charge in [0.15, 0.2) is 12.0 Å². The van der Waals surface area contributed by atoms with Crippen molar-refractivity contribution in [2.45, 2.75) is 0 Å². The third kappa shape index (κ3) is 1.55. The summed E-state index contributed by atoms with van der Waals surface area (Å²) in [6.07, 6.45) is 0.511. The number of aldehydes is 1. The number of methoxy groups -OCH3 is 1. The molecule has 4 nitrogen and oxygen atoms in total. The highest BCUT2D eigenvalue weighted by Gasteiger charge is 2.16. The molecule has 0 radical (unpaired) electrons. The maximum Gasteiger partial charge on any atom is 0.375 e. The highest BCUT2D eigenvalue weighted by Crippen LogP contribution is 2.21. The third-order valence-electron chi connectivity index (χ3n) is 1.19. The summed E-state index contributed by atoms with van der Waals surface area (Å²) in [4.78, 5) is 21.1. The predicted octanol–water partition coefficient (Wildman–Crippen LogP) is 1.64. The van der Waals surface area contributed by atoms with Crippen LogP contribution in [0, 0.1) is 0 Å². The van der Waals surface area contributed by atoms with Crippen molar-refractivity contribution in [3.05, 3.63) is 22.1 Å². The number of rotatable bonds is 2. The van der Waals surface area contributed by atoms with Gasteiger partial charge in [-0.3, -0.25) is 4.79 Å². The van der Waals surface area contributed by atoms with Crippen LogP contribution in [0.1, 0.15) is 21.1 Å². The number of carbonyl (C=O) groups is 2. The Balaban J connectivity index is 3.07. The average molecular weight is 233 g/mol. The topological polar surface area (TPSA) is 56.5 Å². The molecule has 0 spiro atoms. The Morgan fingerprint density at radius 1 is 1.75 bits per heavy atom. The first kappa shape index (κ1) is 8.99. The van der Waals surface area contributed by atoms with E-state index in [2.05, 4.69) is 20.7 Å². The van der Waals surface area contributed by atoms with Gasteiger partial charge in [0.25, 0.3) is 0 Å². The first-order valence-electron chi connectivity index (χ1n) is 3.02. The lowest BCUT2D eigenvalue weighted by atomic mass is 10.4. The second kappa shape index (κ2) is 3.53. The molecule has 0 saturated carbocycles. The lowest BCUT2D eigenvalue weighted by Crippen LogP contribution is -1.99. The van der Waals surface area contributed by atoms with Gasteiger partial charge in [0.05, 0.1) is 11.6 Å². The summed E-state index contributed by atoms with van der Waals surface area (Å²) in [5.74, 6) is -0.531. The zero-order chi connectivity index (χ0) is 9.14. The van der Waals surface area contributed by atoms with Gasteiger partial charge in [-0.2, -0.15) is 0 Å². The van der Waals surface area contributed by atoms with Crippen molar-refractivity contribution in [3.63, 3.8) is 0 Å². The molecule has 0 aliphatic heterocycles. The molecule has 0 saturated heterocycles. The van der Waals surface area contributed by atoms with Crippen LogP contribution >= 0.6 is 15.9 Å². The van der Waals surface area contributed by atoms with Gasteiger partial charge in [-0.25, -0.2) is 4.79 Å². The van der Waals surface area contributed by atoms with Crippen LogP contribution in [0.2, 0.25) is 0 Å². The number of hydrogen-bond donors (Lipinski definition) is 0. The third-order valence-corrected chi connectivity index (χ3v) is 1.78. The SMILES string of the molecule is COC(=O)c1oc(C=O)cc1Br. The monoisotopic (exact) mass is 232 g/mol. The number of carbonyl (C=O) groups excluding carboxylic acids is 2. The second-order valence-corrected chi connectivity index (χ2v) is 2.79. The van der Waals surface area contributed by atoms with E-state index in [1.807, 2.05) is 0 Å². The number of halogens is 1. The standard InChI is InChI=1S/C7H5BrO4/c1-11-7(10)6-5(8)2-4(3-9)12-6/h2-3H,1H3. The van der Waals surface area contributed by atoms with Crippen LogP contribution in [0.4, 0.5) is 0 Å². The molecule has 1 rings (SSSR count). The van der Waals surface area contributed by atoms with Gasteiger partial charge in [0.2, 0.25) is 5.76 Å². The lowest BCUT2D eigenvalue weighted by Gasteiger charge is -1.92. The minimum Gasteiger partial charge on any atom is -0.463 e. The van der Waals surface area contributed by atoms with Gasteiger partial charge < -0.3 is 9.15 Å². The molecular formula is C7H5BrO4. The fourth-order valence-corrected chi connectivity index (χ4v) is 1.14. The molecule has 0 bridgehead atoms. The summed E-state index contributed by atoms with van der Waals surface area (Å²) < 4.78 is 9.64. The fraction of sp³-hybridized carbons (Fsp3) is 0.143. The van der Waals surface area contributed by atoms with E-state index >= 15 is 0 Å².